The smallest absolute Gasteiger partial charge is 0.0518 e. The van der Waals surface area contributed by atoms with Gasteiger partial charge in [-0.05, 0) is 46.1 Å². The van der Waals surface area contributed by atoms with Gasteiger partial charge < -0.3 is 10.1 Å². The third-order valence-corrected chi connectivity index (χ3v) is 2.86. The molecular formula is C12H27NO. The van der Waals surface area contributed by atoms with Gasteiger partial charge in [-0.2, -0.15) is 0 Å². The average molecular weight is 201 g/mol. The summed E-state index contributed by atoms with van der Waals surface area (Å²) in [5.41, 5.74) is 0. The van der Waals surface area contributed by atoms with Gasteiger partial charge in [-0.25, -0.2) is 0 Å². The van der Waals surface area contributed by atoms with Gasteiger partial charge in [-0.3, -0.25) is 0 Å². The van der Waals surface area contributed by atoms with Crippen molar-refractivity contribution < 1.29 is 4.74 Å². The third-order valence-electron chi connectivity index (χ3n) is 2.86. The Kier molecular flexibility index (Phi) is 7.20. The van der Waals surface area contributed by atoms with Crippen molar-refractivity contribution in [1.29, 1.82) is 0 Å². The lowest BCUT2D eigenvalue weighted by Crippen LogP contribution is -2.34. The number of rotatable bonds is 7. The fraction of sp³-hybridized carbons (Fsp3) is 1.00. The van der Waals surface area contributed by atoms with Gasteiger partial charge in [-0.1, -0.05) is 13.8 Å². The van der Waals surface area contributed by atoms with E-state index >= 15 is 0 Å². The molecule has 0 heterocycles. The number of ether oxygens (including phenoxy) is 1. The van der Waals surface area contributed by atoms with Crippen LogP contribution in [-0.2, 0) is 4.74 Å². The number of hydrogen-bond donors (Lipinski definition) is 1. The topological polar surface area (TPSA) is 21.3 Å². The van der Waals surface area contributed by atoms with Crippen molar-refractivity contribution in [3.63, 3.8) is 0 Å². The molecule has 0 amide bonds. The summed E-state index contributed by atoms with van der Waals surface area (Å²) in [4.78, 5) is 0. The molecule has 14 heavy (non-hydrogen) atoms. The monoisotopic (exact) mass is 201 g/mol. The van der Waals surface area contributed by atoms with Crippen LogP contribution < -0.4 is 5.32 Å². The molecule has 0 saturated carbocycles. The molecule has 86 valence electrons. The molecule has 2 heteroatoms. The third kappa shape index (κ3) is 5.61. The van der Waals surface area contributed by atoms with Gasteiger partial charge in [0.25, 0.3) is 0 Å². The van der Waals surface area contributed by atoms with Crippen LogP contribution >= 0.6 is 0 Å². The zero-order chi connectivity index (χ0) is 11.1. The minimum Gasteiger partial charge on any atom is -0.379 e. The van der Waals surface area contributed by atoms with Gasteiger partial charge in [0.2, 0.25) is 0 Å². The van der Waals surface area contributed by atoms with Gasteiger partial charge in [0, 0.05) is 12.6 Å². The second kappa shape index (κ2) is 7.24. The molecule has 0 aliphatic carbocycles. The van der Waals surface area contributed by atoms with E-state index in [4.69, 9.17) is 4.74 Å². The maximum absolute atomic E-state index is 5.59. The lowest BCUT2D eigenvalue weighted by atomic mass is 9.87. The molecule has 0 aliphatic heterocycles. The molecule has 0 saturated heterocycles. The summed E-state index contributed by atoms with van der Waals surface area (Å²) < 4.78 is 5.59. The number of hydrogen-bond acceptors (Lipinski definition) is 2. The van der Waals surface area contributed by atoms with Crippen LogP contribution in [0.15, 0.2) is 0 Å². The highest BCUT2D eigenvalue weighted by Crippen LogP contribution is 2.19. The number of nitrogens with one attached hydrogen (secondary N) is 1. The van der Waals surface area contributed by atoms with Gasteiger partial charge in [0.1, 0.15) is 0 Å². The molecule has 0 aromatic rings. The summed E-state index contributed by atoms with van der Waals surface area (Å²) in [6, 6.07) is 0.575. The van der Waals surface area contributed by atoms with Crippen LogP contribution in [0.4, 0.5) is 0 Å². The summed E-state index contributed by atoms with van der Waals surface area (Å²) in [5, 5.41) is 3.33. The lowest BCUT2D eigenvalue weighted by molar-refractivity contribution is 0.0599. The molecule has 2 nitrogen and oxygen atoms in total. The van der Waals surface area contributed by atoms with E-state index in [1.165, 1.54) is 0 Å². The summed E-state index contributed by atoms with van der Waals surface area (Å²) in [6.07, 6.45) is 1.51. The first-order valence-corrected chi connectivity index (χ1v) is 5.77. The van der Waals surface area contributed by atoms with E-state index in [1.807, 2.05) is 7.05 Å². The van der Waals surface area contributed by atoms with E-state index in [0.29, 0.717) is 24.0 Å². The summed E-state index contributed by atoms with van der Waals surface area (Å²) in [5.74, 6) is 1.42. The Morgan fingerprint density at radius 1 is 1.07 bits per heavy atom. The van der Waals surface area contributed by atoms with E-state index in [0.717, 1.165) is 13.0 Å². The molecule has 0 bridgehead atoms. The Bertz CT molecular complexity index is 134. The van der Waals surface area contributed by atoms with Gasteiger partial charge in [0.15, 0.2) is 0 Å². The van der Waals surface area contributed by atoms with E-state index in [-0.39, 0.29) is 0 Å². The van der Waals surface area contributed by atoms with Crippen molar-refractivity contribution in [2.24, 2.45) is 11.8 Å². The van der Waals surface area contributed by atoms with Crippen molar-refractivity contribution in [2.45, 2.75) is 53.2 Å². The molecule has 0 spiro atoms. The maximum atomic E-state index is 5.59. The van der Waals surface area contributed by atoms with Crippen LogP contribution in [0.5, 0.6) is 0 Å². The van der Waals surface area contributed by atoms with Crippen molar-refractivity contribution in [2.75, 3.05) is 13.7 Å². The molecule has 2 unspecified atom stereocenters. The van der Waals surface area contributed by atoms with Gasteiger partial charge in [0.05, 0.1) is 6.10 Å². The van der Waals surface area contributed by atoms with Crippen LogP contribution in [-0.4, -0.2) is 25.8 Å². The second-order valence-electron chi connectivity index (χ2n) is 4.69. The molecule has 0 aromatic carbocycles. The SMILES string of the molecule is CNC(C)C(CCOC(C)C)C(C)C. The van der Waals surface area contributed by atoms with Crippen LogP contribution in [0.3, 0.4) is 0 Å². The van der Waals surface area contributed by atoms with Gasteiger partial charge >= 0.3 is 0 Å². The van der Waals surface area contributed by atoms with E-state index in [2.05, 4.69) is 39.9 Å². The van der Waals surface area contributed by atoms with Gasteiger partial charge in [-0.15, -0.1) is 0 Å². The summed E-state index contributed by atoms with van der Waals surface area (Å²) in [6.45, 7) is 11.9. The average Bonchev–Trinajstić information content (AvgIpc) is 2.10. The van der Waals surface area contributed by atoms with E-state index in [1.54, 1.807) is 0 Å². The highest BCUT2D eigenvalue weighted by atomic mass is 16.5. The fourth-order valence-corrected chi connectivity index (χ4v) is 1.81. The molecule has 0 fully saturated rings. The molecule has 0 aliphatic rings. The fourth-order valence-electron chi connectivity index (χ4n) is 1.81. The lowest BCUT2D eigenvalue weighted by Gasteiger charge is -2.27. The van der Waals surface area contributed by atoms with Crippen LogP contribution in [0.25, 0.3) is 0 Å². The van der Waals surface area contributed by atoms with Crippen molar-refractivity contribution >= 4 is 0 Å². The van der Waals surface area contributed by atoms with Crippen molar-refractivity contribution in [3.8, 4) is 0 Å². The molecular weight excluding hydrogens is 174 g/mol. The van der Waals surface area contributed by atoms with Crippen LogP contribution in [0, 0.1) is 11.8 Å². The molecule has 2 atom stereocenters. The first-order chi connectivity index (χ1) is 6.49. The Balaban J connectivity index is 3.85. The quantitative estimate of drug-likeness (QED) is 0.684. The maximum Gasteiger partial charge on any atom is 0.0518 e. The summed E-state index contributed by atoms with van der Waals surface area (Å²) in [7, 11) is 2.03. The predicted molar refractivity (Wildman–Crippen MR) is 62.6 cm³/mol. The normalized spacial score (nSPS) is 16.3. The molecule has 1 N–H and O–H groups in total. The standard InChI is InChI=1S/C12H27NO/c1-9(2)12(11(5)13-6)7-8-14-10(3)4/h9-13H,7-8H2,1-6H3. The Morgan fingerprint density at radius 2 is 1.64 bits per heavy atom. The first kappa shape index (κ1) is 13.9. The highest BCUT2D eigenvalue weighted by molar-refractivity contribution is 4.73. The Morgan fingerprint density at radius 3 is 2.00 bits per heavy atom. The minimum atomic E-state index is 0.354. The predicted octanol–water partition coefficient (Wildman–Crippen LogP) is 2.68. The highest BCUT2D eigenvalue weighted by Gasteiger charge is 2.19. The van der Waals surface area contributed by atoms with Crippen LogP contribution in [0.2, 0.25) is 0 Å². The Labute approximate surface area is 89.4 Å². The van der Waals surface area contributed by atoms with E-state index in [9.17, 15) is 0 Å². The second-order valence-corrected chi connectivity index (χ2v) is 4.69. The molecule has 0 radical (unpaired) electrons. The zero-order valence-corrected chi connectivity index (χ0v) is 10.6. The largest absolute Gasteiger partial charge is 0.379 e. The summed E-state index contributed by atoms with van der Waals surface area (Å²) >= 11 is 0. The molecule has 0 rings (SSSR count). The zero-order valence-electron chi connectivity index (χ0n) is 10.6. The minimum absolute atomic E-state index is 0.354. The van der Waals surface area contributed by atoms with Crippen LogP contribution in [0.1, 0.15) is 41.0 Å². The van der Waals surface area contributed by atoms with Crippen molar-refractivity contribution in [1.82, 2.24) is 5.32 Å². The Hall–Kier alpha value is -0.0800. The van der Waals surface area contributed by atoms with Crippen molar-refractivity contribution in [3.05, 3.63) is 0 Å². The first-order valence-electron chi connectivity index (χ1n) is 5.77. The van der Waals surface area contributed by atoms with E-state index < -0.39 is 0 Å². The molecule has 0 aromatic heterocycles.